The minimum absolute atomic E-state index is 0.0207. The SMILES string of the molecule is CCCCS(=O)(=O)c1cccc(-c2ccccc2)c1O. The van der Waals surface area contributed by atoms with E-state index >= 15 is 0 Å². The first-order valence-electron chi connectivity index (χ1n) is 6.66. The maximum Gasteiger partial charge on any atom is 0.182 e. The fourth-order valence-corrected chi connectivity index (χ4v) is 3.65. The van der Waals surface area contributed by atoms with Crippen LogP contribution in [0, 0.1) is 0 Å². The minimum Gasteiger partial charge on any atom is -0.506 e. The third-order valence-electron chi connectivity index (χ3n) is 3.19. The average Bonchev–Trinajstić information content (AvgIpc) is 2.46. The Balaban J connectivity index is 2.48. The van der Waals surface area contributed by atoms with Gasteiger partial charge in [0.1, 0.15) is 10.6 Å². The van der Waals surface area contributed by atoms with E-state index in [9.17, 15) is 13.5 Å². The van der Waals surface area contributed by atoms with Crippen LogP contribution in [0.3, 0.4) is 0 Å². The van der Waals surface area contributed by atoms with Crippen molar-refractivity contribution in [3.63, 3.8) is 0 Å². The Kier molecular flexibility index (Phi) is 4.45. The van der Waals surface area contributed by atoms with Gasteiger partial charge in [0.15, 0.2) is 9.84 Å². The normalized spacial score (nSPS) is 11.4. The molecule has 0 atom stereocenters. The van der Waals surface area contributed by atoms with Gasteiger partial charge in [-0.3, -0.25) is 0 Å². The zero-order valence-corrected chi connectivity index (χ0v) is 12.2. The van der Waals surface area contributed by atoms with E-state index in [1.807, 2.05) is 37.3 Å². The van der Waals surface area contributed by atoms with Gasteiger partial charge in [-0.2, -0.15) is 0 Å². The number of rotatable bonds is 5. The number of unbranched alkanes of at least 4 members (excludes halogenated alkanes) is 1. The summed E-state index contributed by atoms with van der Waals surface area (Å²) in [6.45, 7) is 1.94. The van der Waals surface area contributed by atoms with E-state index < -0.39 is 9.84 Å². The van der Waals surface area contributed by atoms with Crippen LogP contribution in [-0.2, 0) is 9.84 Å². The molecule has 0 radical (unpaired) electrons. The highest BCUT2D eigenvalue weighted by molar-refractivity contribution is 7.91. The second-order valence-electron chi connectivity index (χ2n) is 4.69. The lowest BCUT2D eigenvalue weighted by Gasteiger charge is -2.10. The van der Waals surface area contributed by atoms with E-state index in [2.05, 4.69) is 0 Å². The highest BCUT2D eigenvalue weighted by atomic mass is 32.2. The molecule has 0 fully saturated rings. The average molecular weight is 290 g/mol. The molecule has 0 aromatic heterocycles. The van der Waals surface area contributed by atoms with Crippen LogP contribution in [-0.4, -0.2) is 19.3 Å². The summed E-state index contributed by atoms with van der Waals surface area (Å²) in [6, 6.07) is 14.1. The summed E-state index contributed by atoms with van der Waals surface area (Å²) in [5.41, 5.74) is 1.35. The predicted octanol–water partition coefficient (Wildman–Crippen LogP) is 3.63. The second-order valence-corrected chi connectivity index (χ2v) is 6.77. The molecule has 0 bridgehead atoms. The van der Waals surface area contributed by atoms with Gasteiger partial charge in [-0.1, -0.05) is 55.8 Å². The van der Waals surface area contributed by atoms with E-state index in [0.717, 1.165) is 12.0 Å². The molecule has 0 spiro atoms. The number of hydrogen-bond acceptors (Lipinski definition) is 3. The van der Waals surface area contributed by atoms with Crippen LogP contribution in [0.25, 0.3) is 11.1 Å². The van der Waals surface area contributed by atoms with Crippen molar-refractivity contribution in [2.75, 3.05) is 5.75 Å². The summed E-state index contributed by atoms with van der Waals surface area (Å²) in [6.07, 6.45) is 1.40. The van der Waals surface area contributed by atoms with Gasteiger partial charge in [0, 0.05) is 5.56 Å². The van der Waals surface area contributed by atoms with Gasteiger partial charge in [0.25, 0.3) is 0 Å². The number of aromatic hydroxyl groups is 1. The summed E-state index contributed by atoms with van der Waals surface area (Å²) in [4.78, 5) is 0.0207. The topological polar surface area (TPSA) is 54.4 Å². The highest BCUT2D eigenvalue weighted by Crippen LogP contribution is 2.35. The van der Waals surface area contributed by atoms with E-state index in [1.54, 1.807) is 12.1 Å². The number of benzene rings is 2. The Morgan fingerprint density at radius 2 is 1.70 bits per heavy atom. The van der Waals surface area contributed by atoms with Crippen LogP contribution in [0.5, 0.6) is 5.75 Å². The van der Waals surface area contributed by atoms with E-state index in [1.165, 1.54) is 6.07 Å². The monoisotopic (exact) mass is 290 g/mol. The first-order valence-corrected chi connectivity index (χ1v) is 8.31. The molecule has 0 aliphatic heterocycles. The molecule has 0 aliphatic rings. The zero-order valence-electron chi connectivity index (χ0n) is 11.4. The van der Waals surface area contributed by atoms with Gasteiger partial charge < -0.3 is 5.11 Å². The first kappa shape index (κ1) is 14.6. The molecule has 20 heavy (non-hydrogen) atoms. The minimum atomic E-state index is -3.43. The first-order chi connectivity index (χ1) is 9.56. The molecule has 0 unspecified atom stereocenters. The number of phenols is 1. The highest BCUT2D eigenvalue weighted by Gasteiger charge is 2.20. The molecule has 0 amide bonds. The summed E-state index contributed by atoms with van der Waals surface area (Å²) in [5, 5.41) is 10.3. The Hall–Kier alpha value is -1.81. The van der Waals surface area contributed by atoms with Crippen LogP contribution in [0.15, 0.2) is 53.4 Å². The maximum absolute atomic E-state index is 12.2. The summed E-state index contributed by atoms with van der Waals surface area (Å²) in [7, 11) is -3.43. The van der Waals surface area contributed by atoms with Crippen molar-refractivity contribution in [3.8, 4) is 16.9 Å². The van der Waals surface area contributed by atoms with Crippen LogP contribution in [0.2, 0.25) is 0 Å². The number of para-hydroxylation sites is 1. The quantitative estimate of drug-likeness (QED) is 0.914. The Bertz CT molecular complexity index is 676. The summed E-state index contributed by atoms with van der Waals surface area (Å²) >= 11 is 0. The summed E-state index contributed by atoms with van der Waals surface area (Å²) in [5.74, 6) is -0.0928. The van der Waals surface area contributed by atoms with Crippen molar-refractivity contribution in [3.05, 3.63) is 48.5 Å². The molecule has 2 aromatic carbocycles. The van der Waals surface area contributed by atoms with Crippen molar-refractivity contribution in [1.82, 2.24) is 0 Å². The maximum atomic E-state index is 12.2. The van der Waals surface area contributed by atoms with Gasteiger partial charge in [0.05, 0.1) is 5.75 Å². The van der Waals surface area contributed by atoms with Crippen molar-refractivity contribution in [1.29, 1.82) is 0 Å². The summed E-state index contributed by atoms with van der Waals surface area (Å²) < 4.78 is 24.5. The van der Waals surface area contributed by atoms with E-state index in [4.69, 9.17) is 0 Å². The van der Waals surface area contributed by atoms with Crippen molar-refractivity contribution < 1.29 is 13.5 Å². The van der Waals surface area contributed by atoms with Gasteiger partial charge in [-0.15, -0.1) is 0 Å². The lowest BCUT2D eigenvalue weighted by atomic mass is 10.1. The molecule has 2 aromatic rings. The number of sulfone groups is 1. The largest absolute Gasteiger partial charge is 0.506 e. The van der Waals surface area contributed by atoms with Crippen LogP contribution >= 0.6 is 0 Å². The van der Waals surface area contributed by atoms with Gasteiger partial charge in [-0.05, 0) is 18.1 Å². The second kappa shape index (κ2) is 6.09. The molecule has 106 valence electrons. The number of hydrogen-bond donors (Lipinski definition) is 1. The van der Waals surface area contributed by atoms with Crippen molar-refractivity contribution in [2.45, 2.75) is 24.7 Å². The fourth-order valence-electron chi connectivity index (χ4n) is 2.07. The molecule has 2 rings (SSSR count). The molecular formula is C16H18O3S. The van der Waals surface area contributed by atoms with Crippen LogP contribution in [0.4, 0.5) is 0 Å². The third-order valence-corrected chi connectivity index (χ3v) is 5.01. The fraction of sp³-hybridized carbons (Fsp3) is 0.250. The molecule has 0 aliphatic carbocycles. The van der Waals surface area contributed by atoms with Crippen molar-refractivity contribution >= 4 is 9.84 Å². The Morgan fingerprint density at radius 1 is 1.00 bits per heavy atom. The van der Waals surface area contributed by atoms with Crippen LogP contribution < -0.4 is 0 Å². The predicted molar refractivity (Wildman–Crippen MR) is 80.5 cm³/mol. The lowest BCUT2D eigenvalue weighted by Crippen LogP contribution is -2.07. The molecule has 4 heteroatoms. The Morgan fingerprint density at radius 3 is 2.35 bits per heavy atom. The zero-order chi connectivity index (χ0) is 14.6. The van der Waals surface area contributed by atoms with Crippen molar-refractivity contribution in [2.24, 2.45) is 0 Å². The smallest absolute Gasteiger partial charge is 0.182 e. The van der Waals surface area contributed by atoms with Crippen LogP contribution in [0.1, 0.15) is 19.8 Å². The van der Waals surface area contributed by atoms with Gasteiger partial charge in [0.2, 0.25) is 0 Å². The van der Waals surface area contributed by atoms with E-state index in [-0.39, 0.29) is 16.4 Å². The third kappa shape index (κ3) is 3.02. The molecular weight excluding hydrogens is 272 g/mol. The van der Waals surface area contributed by atoms with Gasteiger partial charge in [-0.25, -0.2) is 8.42 Å². The number of phenolic OH excluding ortho intramolecular Hbond substituents is 1. The molecule has 0 heterocycles. The molecule has 0 saturated carbocycles. The van der Waals surface area contributed by atoms with Gasteiger partial charge >= 0.3 is 0 Å². The molecule has 3 nitrogen and oxygen atoms in total. The lowest BCUT2D eigenvalue weighted by molar-refractivity contribution is 0.460. The Labute approximate surface area is 119 Å². The standard InChI is InChI=1S/C16H18O3S/c1-2-3-12-20(18,19)15-11-7-10-14(16(15)17)13-8-5-4-6-9-13/h4-11,17H,2-3,12H2,1H3. The molecule has 1 N–H and O–H groups in total. The van der Waals surface area contributed by atoms with E-state index in [0.29, 0.717) is 12.0 Å². The molecule has 0 saturated heterocycles.